The Morgan fingerprint density at radius 3 is 1.81 bits per heavy atom. The van der Waals surface area contributed by atoms with Gasteiger partial charge in [-0.25, -0.2) is 0 Å². The molecule has 2 N–H and O–H groups in total. The molecule has 176 valence electrons. The Morgan fingerprint density at radius 1 is 0.806 bits per heavy atom. The first-order chi connectivity index (χ1) is 15.2. The fourth-order valence-corrected chi connectivity index (χ4v) is 3.74. The molecule has 1 amide bonds. The average molecular weight is 431 g/mol. The predicted octanol–water partition coefficient (Wildman–Crippen LogP) is 7.19. The highest BCUT2D eigenvalue weighted by Gasteiger charge is 2.00. The van der Waals surface area contributed by atoms with Crippen molar-refractivity contribution in [2.45, 2.75) is 110 Å². The van der Waals surface area contributed by atoms with Crippen LogP contribution >= 0.6 is 0 Å². The number of rotatable bonds is 20. The largest absolute Gasteiger partial charge is 0.508 e. The van der Waals surface area contributed by atoms with Crippen LogP contribution in [0.25, 0.3) is 0 Å². The molecule has 1 rings (SSSR count). The molecule has 0 saturated heterocycles. The third-order valence-corrected chi connectivity index (χ3v) is 5.70. The molecule has 0 unspecified atom stereocenters. The van der Waals surface area contributed by atoms with E-state index in [1.165, 1.54) is 83.5 Å². The number of amides is 1. The summed E-state index contributed by atoms with van der Waals surface area (Å²) in [5, 5.41) is 12.2. The van der Waals surface area contributed by atoms with Gasteiger partial charge in [0.15, 0.2) is 0 Å². The molecule has 0 aliphatic heterocycles. The first-order valence-electron chi connectivity index (χ1n) is 12.8. The Labute approximate surface area is 190 Å². The second-order valence-electron chi connectivity index (χ2n) is 8.68. The molecule has 0 saturated carbocycles. The number of phenols is 1. The zero-order valence-corrected chi connectivity index (χ0v) is 19.9. The van der Waals surface area contributed by atoms with Crippen molar-refractivity contribution in [2.75, 3.05) is 13.1 Å². The third kappa shape index (κ3) is 17.5. The van der Waals surface area contributed by atoms with Crippen LogP contribution in [0, 0.1) is 0 Å². The normalized spacial score (nSPS) is 11.3. The molecule has 0 aliphatic carbocycles. The molecule has 0 heterocycles. The number of nitrogens with one attached hydrogen (secondary N) is 1. The van der Waals surface area contributed by atoms with Crippen molar-refractivity contribution in [1.82, 2.24) is 5.32 Å². The fraction of sp³-hybridized carbons (Fsp3) is 0.704. The number of benzene rings is 1. The number of aromatic hydroxyl groups is 1. The summed E-state index contributed by atoms with van der Waals surface area (Å²) in [5.41, 5.74) is 0.946. The summed E-state index contributed by atoms with van der Waals surface area (Å²) in [6.07, 6.45) is 22.5. The number of hydrogen-bond donors (Lipinski definition) is 2. The van der Waals surface area contributed by atoms with Gasteiger partial charge in [-0.1, -0.05) is 96.8 Å². The smallest absolute Gasteiger partial charge is 0.220 e. The van der Waals surface area contributed by atoms with Gasteiger partial charge in [0.2, 0.25) is 5.91 Å². The second-order valence-corrected chi connectivity index (χ2v) is 8.68. The van der Waals surface area contributed by atoms with Crippen LogP contribution in [0.2, 0.25) is 0 Å². The third-order valence-electron chi connectivity index (χ3n) is 5.70. The van der Waals surface area contributed by atoms with Crippen LogP contribution in [-0.4, -0.2) is 30.3 Å². The standard InChI is InChI=1S/C27H46N2O2/c1-2-3-4-5-6-7-8-9-10-11-12-13-14-15-16-17-27(31)29-23-22-28-24-25-18-20-26(30)21-19-25/h18-21,24,30H,2-17,22-23H2,1H3,(H,29,31). The van der Waals surface area contributed by atoms with Gasteiger partial charge in [-0.2, -0.15) is 0 Å². The fourth-order valence-electron chi connectivity index (χ4n) is 3.74. The molecular formula is C27H46N2O2. The average Bonchev–Trinajstić information content (AvgIpc) is 2.77. The van der Waals surface area contributed by atoms with E-state index in [1.807, 2.05) is 12.1 Å². The SMILES string of the molecule is CCCCCCCCCCCCCCCCCC(=O)NCCN=Cc1ccc(O)cc1. The highest BCUT2D eigenvalue weighted by molar-refractivity contribution is 5.79. The van der Waals surface area contributed by atoms with Crippen molar-refractivity contribution in [2.24, 2.45) is 4.99 Å². The lowest BCUT2D eigenvalue weighted by Gasteiger charge is -2.04. The summed E-state index contributed by atoms with van der Waals surface area (Å²) in [6.45, 7) is 3.43. The summed E-state index contributed by atoms with van der Waals surface area (Å²) in [7, 11) is 0. The van der Waals surface area contributed by atoms with E-state index < -0.39 is 0 Å². The maximum absolute atomic E-state index is 11.9. The molecule has 31 heavy (non-hydrogen) atoms. The van der Waals surface area contributed by atoms with Crippen LogP contribution in [0.15, 0.2) is 29.3 Å². The molecule has 1 aromatic carbocycles. The molecule has 0 atom stereocenters. The van der Waals surface area contributed by atoms with E-state index in [0.29, 0.717) is 19.5 Å². The summed E-state index contributed by atoms with van der Waals surface area (Å²) < 4.78 is 0. The topological polar surface area (TPSA) is 61.7 Å². The van der Waals surface area contributed by atoms with Crippen LogP contribution in [0.5, 0.6) is 5.75 Å². The lowest BCUT2D eigenvalue weighted by Crippen LogP contribution is -2.25. The van der Waals surface area contributed by atoms with E-state index in [9.17, 15) is 9.90 Å². The molecule has 0 fully saturated rings. The Morgan fingerprint density at radius 2 is 1.29 bits per heavy atom. The number of carbonyl (C=O) groups is 1. The zero-order chi connectivity index (χ0) is 22.4. The van der Waals surface area contributed by atoms with Gasteiger partial charge in [-0.15, -0.1) is 0 Å². The molecule has 0 radical (unpaired) electrons. The van der Waals surface area contributed by atoms with Gasteiger partial charge in [0.05, 0.1) is 6.54 Å². The minimum Gasteiger partial charge on any atom is -0.508 e. The van der Waals surface area contributed by atoms with Gasteiger partial charge in [-0.05, 0) is 36.2 Å². The Hall–Kier alpha value is -1.84. The van der Waals surface area contributed by atoms with Crippen molar-refractivity contribution in [1.29, 1.82) is 0 Å². The van der Waals surface area contributed by atoms with Crippen molar-refractivity contribution < 1.29 is 9.90 Å². The minimum atomic E-state index is 0.134. The van der Waals surface area contributed by atoms with Gasteiger partial charge in [0, 0.05) is 19.2 Å². The van der Waals surface area contributed by atoms with Gasteiger partial charge in [0.25, 0.3) is 0 Å². The predicted molar refractivity (Wildman–Crippen MR) is 133 cm³/mol. The maximum Gasteiger partial charge on any atom is 0.220 e. The van der Waals surface area contributed by atoms with Crippen molar-refractivity contribution in [3.8, 4) is 5.75 Å². The summed E-state index contributed by atoms with van der Waals surface area (Å²) in [6, 6.07) is 6.91. The van der Waals surface area contributed by atoms with E-state index in [0.717, 1.165) is 18.4 Å². The Balaban J connectivity index is 1.81. The summed E-state index contributed by atoms with van der Waals surface area (Å²) in [5.74, 6) is 0.387. The van der Waals surface area contributed by atoms with Gasteiger partial charge < -0.3 is 10.4 Å². The molecule has 0 bridgehead atoms. The molecule has 0 aliphatic rings. The summed E-state index contributed by atoms with van der Waals surface area (Å²) in [4.78, 5) is 16.2. The summed E-state index contributed by atoms with van der Waals surface area (Å²) >= 11 is 0. The number of nitrogens with zero attached hydrogens (tertiary/aromatic N) is 1. The molecule has 1 aromatic rings. The maximum atomic E-state index is 11.9. The van der Waals surface area contributed by atoms with Gasteiger partial charge in [-0.3, -0.25) is 9.79 Å². The van der Waals surface area contributed by atoms with Crippen molar-refractivity contribution in [3.63, 3.8) is 0 Å². The van der Waals surface area contributed by atoms with Crippen LogP contribution in [0.4, 0.5) is 0 Å². The van der Waals surface area contributed by atoms with Gasteiger partial charge >= 0.3 is 0 Å². The Kier molecular flexibility index (Phi) is 17.6. The van der Waals surface area contributed by atoms with E-state index in [1.54, 1.807) is 18.3 Å². The first-order valence-corrected chi connectivity index (χ1v) is 12.8. The van der Waals surface area contributed by atoms with E-state index >= 15 is 0 Å². The molecular weight excluding hydrogens is 384 g/mol. The highest BCUT2D eigenvalue weighted by atomic mass is 16.3. The van der Waals surface area contributed by atoms with Gasteiger partial charge in [0.1, 0.15) is 5.75 Å². The monoisotopic (exact) mass is 430 g/mol. The first kappa shape index (κ1) is 27.2. The van der Waals surface area contributed by atoms with Crippen molar-refractivity contribution >= 4 is 12.1 Å². The van der Waals surface area contributed by atoms with E-state index in [-0.39, 0.29) is 11.7 Å². The minimum absolute atomic E-state index is 0.134. The van der Waals surface area contributed by atoms with E-state index in [2.05, 4.69) is 17.2 Å². The van der Waals surface area contributed by atoms with Crippen LogP contribution in [0.1, 0.15) is 115 Å². The van der Waals surface area contributed by atoms with Crippen molar-refractivity contribution in [3.05, 3.63) is 29.8 Å². The van der Waals surface area contributed by atoms with E-state index in [4.69, 9.17) is 0 Å². The number of carbonyl (C=O) groups excluding carboxylic acids is 1. The zero-order valence-electron chi connectivity index (χ0n) is 19.9. The lowest BCUT2D eigenvalue weighted by molar-refractivity contribution is -0.121. The van der Waals surface area contributed by atoms with Crippen LogP contribution in [-0.2, 0) is 4.79 Å². The van der Waals surface area contributed by atoms with Crippen LogP contribution < -0.4 is 5.32 Å². The van der Waals surface area contributed by atoms with Crippen LogP contribution in [0.3, 0.4) is 0 Å². The molecule has 0 aromatic heterocycles. The lowest BCUT2D eigenvalue weighted by atomic mass is 10.0. The number of hydrogen-bond acceptors (Lipinski definition) is 3. The quantitative estimate of drug-likeness (QED) is 0.170. The number of aliphatic imine (C=N–C) groups is 1. The molecule has 4 nitrogen and oxygen atoms in total. The number of unbranched alkanes of at least 4 members (excludes halogenated alkanes) is 14. The highest BCUT2D eigenvalue weighted by Crippen LogP contribution is 2.13. The number of phenolic OH excluding ortho intramolecular Hbond substituents is 1. The molecule has 0 spiro atoms. The Bertz CT molecular complexity index is 569. The molecule has 4 heteroatoms. The second kappa shape index (κ2) is 20.1.